The summed E-state index contributed by atoms with van der Waals surface area (Å²) in [4.78, 5) is 28.6. The van der Waals surface area contributed by atoms with E-state index >= 15 is 0 Å². The van der Waals surface area contributed by atoms with Crippen LogP contribution in [0, 0.1) is 12.8 Å². The fourth-order valence-corrected chi connectivity index (χ4v) is 5.18. The van der Waals surface area contributed by atoms with Crippen LogP contribution in [0.5, 0.6) is 0 Å². The highest BCUT2D eigenvalue weighted by Gasteiger charge is 2.35. The Balaban J connectivity index is 1.37. The van der Waals surface area contributed by atoms with Crippen LogP contribution in [-0.2, 0) is 24.1 Å². The maximum atomic E-state index is 12.8. The van der Waals surface area contributed by atoms with Gasteiger partial charge in [-0.1, -0.05) is 12.1 Å². The lowest BCUT2D eigenvalue weighted by atomic mass is 9.78. The maximum absolute atomic E-state index is 12.8. The van der Waals surface area contributed by atoms with Gasteiger partial charge in [0.15, 0.2) is 0 Å². The van der Waals surface area contributed by atoms with Crippen molar-refractivity contribution in [2.24, 2.45) is 5.92 Å². The molecule has 0 saturated carbocycles. The van der Waals surface area contributed by atoms with Crippen LogP contribution in [0.25, 0.3) is 0 Å². The number of aromatic nitrogens is 3. The van der Waals surface area contributed by atoms with Crippen LogP contribution in [0.1, 0.15) is 52.4 Å². The third kappa shape index (κ3) is 4.09. The SMILES string of the molecule is Cc1cnc2c(c1)CCc1cccnc1C2C1CCN(C(=O)Cc2ccncc2)CC1. The molecule has 0 spiro atoms. The Morgan fingerprint density at radius 2 is 1.74 bits per heavy atom. The first-order chi connectivity index (χ1) is 15.2. The normalized spacial score (nSPS) is 18.7. The number of carbonyl (C=O) groups excluding carboxylic acids is 1. The molecule has 0 N–H and O–H groups in total. The highest BCUT2D eigenvalue weighted by atomic mass is 16.2. The monoisotopic (exact) mass is 412 g/mol. The lowest BCUT2D eigenvalue weighted by molar-refractivity contribution is -0.131. The first-order valence-corrected chi connectivity index (χ1v) is 11.2. The minimum absolute atomic E-state index is 0.207. The van der Waals surface area contributed by atoms with Crippen molar-refractivity contribution in [3.05, 3.63) is 88.8 Å². The quantitative estimate of drug-likeness (QED) is 0.655. The van der Waals surface area contributed by atoms with E-state index in [1.165, 1.54) is 28.1 Å². The largest absolute Gasteiger partial charge is 0.342 e. The van der Waals surface area contributed by atoms with E-state index in [2.05, 4.69) is 24.0 Å². The molecule has 1 unspecified atom stereocenters. The van der Waals surface area contributed by atoms with Crippen LogP contribution < -0.4 is 0 Å². The number of pyridine rings is 3. The molecular formula is C26H28N4O. The van der Waals surface area contributed by atoms with Gasteiger partial charge >= 0.3 is 0 Å². The number of hydrogen-bond donors (Lipinski definition) is 0. The third-order valence-corrected chi connectivity index (χ3v) is 6.79. The molecule has 5 heteroatoms. The standard InChI is InChI=1S/C26H28N4O/c1-18-15-22-5-4-21-3-2-10-28-25(21)24(26(22)29-17-18)20-8-13-30(14-9-20)23(31)16-19-6-11-27-12-7-19/h2-3,6-7,10-12,15,17,20,24H,4-5,8-9,13-14,16H2,1H3. The topological polar surface area (TPSA) is 59.0 Å². The zero-order valence-corrected chi connectivity index (χ0v) is 18.0. The number of likely N-dealkylation sites (tertiary alicyclic amines) is 1. The van der Waals surface area contributed by atoms with Crippen LogP contribution in [-0.4, -0.2) is 38.8 Å². The smallest absolute Gasteiger partial charge is 0.226 e. The summed E-state index contributed by atoms with van der Waals surface area (Å²) in [5, 5.41) is 0. The first-order valence-electron chi connectivity index (χ1n) is 11.2. The summed E-state index contributed by atoms with van der Waals surface area (Å²) in [7, 11) is 0. The summed E-state index contributed by atoms with van der Waals surface area (Å²) in [5.74, 6) is 0.871. The fourth-order valence-electron chi connectivity index (χ4n) is 5.18. The molecule has 1 amide bonds. The Bertz CT molecular complexity index is 1070. The molecule has 3 aromatic heterocycles. The van der Waals surface area contributed by atoms with Crippen LogP contribution in [0.15, 0.2) is 55.1 Å². The summed E-state index contributed by atoms with van der Waals surface area (Å²) in [6.07, 6.45) is 11.9. The molecule has 1 aliphatic heterocycles. The van der Waals surface area contributed by atoms with Gasteiger partial charge in [-0.2, -0.15) is 0 Å². The van der Waals surface area contributed by atoms with Crippen molar-refractivity contribution in [3.8, 4) is 0 Å². The van der Waals surface area contributed by atoms with Gasteiger partial charge in [0, 0.05) is 43.8 Å². The van der Waals surface area contributed by atoms with Crippen molar-refractivity contribution in [2.45, 2.75) is 44.9 Å². The number of nitrogens with zero attached hydrogens (tertiary/aromatic N) is 4. The van der Waals surface area contributed by atoms with Gasteiger partial charge in [-0.05, 0) is 79.0 Å². The van der Waals surface area contributed by atoms with Gasteiger partial charge in [-0.15, -0.1) is 0 Å². The molecule has 3 aromatic rings. The number of hydrogen-bond acceptors (Lipinski definition) is 4. The second-order valence-electron chi connectivity index (χ2n) is 8.83. The predicted octanol–water partition coefficient (Wildman–Crippen LogP) is 3.89. The second-order valence-corrected chi connectivity index (χ2v) is 8.83. The highest BCUT2D eigenvalue weighted by molar-refractivity contribution is 5.78. The summed E-state index contributed by atoms with van der Waals surface area (Å²) >= 11 is 0. The van der Waals surface area contributed by atoms with Crippen molar-refractivity contribution < 1.29 is 4.79 Å². The van der Waals surface area contributed by atoms with E-state index in [-0.39, 0.29) is 11.8 Å². The Morgan fingerprint density at radius 1 is 1.00 bits per heavy atom. The van der Waals surface area contributed by atoms with Crippen LogP contribution in [0.2, 0.25) is 0 Å². The number of amides is 1. The van der Waals surface area contributed by atoms with Crippen LogP contribution in [0.3, 0.4) is 0 Å². The van der Waals surface area contributed by atoms with Gasteiger partial charge < -0.3 is 4.90 Å². The minimum atomic E-state index is 0.207. The van der Waals surface area contributed by atoms with Gasteiger partial charge in [0.1, 0.15) is 0 Å². The van der Waals surface area contributed by atoms with Gasteiger partial charge in [0.2, 0.25) is 5.91 Å². The molecule has 1 fully saturated rings. The van der Waals surface area contributed by atoms with Crippen molar-refractivity contribution in [2.75, 3.05) is 13.1 Å². The molecule has 31 heavy (non-hydrogen) atoms. The van der Waals surface area contributed by atoms with Crippen LogP contribution >= 0.6 is 0 Å². The molecule has 1 atom stereocenters. The lowest BCUT2D eigenvalue weighted by Crippen LogP contribution is -2.41. The Morgan fingerprint density at radius 3 is 2.55 bits per heavy atom. The molecular weight excluding hydrogens is 384 g/mol. The lowest BCUT2D eigenvalue weighted by Gasteiger charge is -2.36. The third-order valence-electron chi connectivity index (χ3n) is 6.79. The summed E-state index contributed by atoms with van der Waals surface area (Å²) in [6.45, 7) is 3.72. The zero-order valence-electron chi connectivity index (χ0n) is 18.0. The summed E-state index contributed by atoms with van der Waals surface area (Å²) in [6, 6.07) is 10.4. The first kappa shape index (κ1) is 19.9. The molecule has 0 aromatic carbocycles. The van der Waals surface area contributed by atoms with Crippen molar-refractivity contribution in [3.63, 3.8) is 0 Å². The Hall–Kier alpha value is -3.08. The zero-order chi connectivity index (χ0) is 21.2. The summed E-state index contributed by atoms with van der Waals surface area (Å²) < 4.78 is 0. The average molecular weight is 413 g/mol. The molecule has 1 saturated heterocycles. The Labute approximate surface area is 183 Å². The maximum Gasteiger partial charge on any atom is 0.226 e. The molecule has 0 bridgehead atoms. The number of piperidine rings is 1. The van der Waals surface area contributed by atoms with Gasteiger partial charge in [-0.3, -0.25) is 19.7 Å². The van der Waals surface area contributed by atoms with E-state index in [0.29, 0.717) is 12.3 Å². The molecule has 4 heterocycles. The number of aryl methyl sites for hydroxylation is 3. The average Bonchev–Trinajstić information content (AvgIpc) is 2.96. The number of rotatable bonds is 3. The number of carbonyl (C=O) groups is 1. The van der Waals surface area contributed by atoms with Crippen LogP contribution in [0.4, 0.5) is 0 Å². The molecule has 2 aliphatic rings. The molecule has 5 nitrogen and oxygen atoms in total. The van der Waals surface area contributed by atoms with E-state index in [1.54, 1.807) is 12.4 Å². The van der Waals surface area contributed by atoms with E-state index in [0.717, 1.165) is 44.3 Å². The van der Waals surface area contributed by atoms with Gasteiger partial charge in [0.25, 0.3) is 0 Å². The van der Waals surface area contributed by atoms with Gasteiger partial charge in [-0.25, -0.2) is 0 Å². The number of fused-ring (bicyclic) bond motifs is 2. The van der Waals surface area contributed by atoms with E-state index in [4.69, 9.17) is 9.97 Å². The molecule has 5 rings (SSSR count). The minimum Gasteiger partial charge on any atom is -0.342 e. The van der Waals surface area contributed by atoms with E-state index in [9.17, 15) is 4.79 Å². The summed E-state index contributed by atoms with van der Waals surface area (Å²) in [5.41, 5.74) is 7.34. The van der Waals surface area contributed by atoms with Crippen molar-refractivity contribution in [1.29, 1.82) is 0 Å². The highest BCUT2D eigenvalue weighted by Crippen LogP contribution is 2.41. The fraction of sp³-hybridized carbons (Fsp3) is 0.385. The van der Waals surface area contributed by atoms with Crippen molar-refractivity contribution >= 4 is 5.91 Å². The van der Waals surface area contributed by atoms with Crippen molar-refractivity contribution in [1.82, 2.24) is 19.9 Å². The molecule has 1 aliphatic carbocycles. The van der Waals surface area contributed by atoms with E-state index < -0.39 is 0 Å². The molecule has 158 valence electrons. The second kappa shape index (κ2) is 8.58. The van der Waals surface area contributed by atoms with E-state index in [1.807, 2.05) is 35.5 Å². The predicted molar refractivity (Wildman–Crippen MR) is 120 cm³/mol. The van der Waals surface area contributed by atoms with Gasteiger partial charge in [0.05, 0.1) is 17.8 Å². The Kier molecular flexibility index (Phi) is 5.49. The molecule has 0 radical (unpaired) electrons.